The van der Waals surface area contributed by atoms with Crippen molar-refractivity contribution in [1.29, 1.82) is 0 Å². The van der Waals surface area contributed by atoms with Gasteiger partial charge in [0.2, 0.25) is 0 Å². The number of nitrogens with zero attached hydrogens (tertiary/aromatic N) is 2. The molecule has 4 heterocycles. The Bertz CT molecular complexity index is 3160. The first-order chi connectivity index (χ1) is 40.3. The zero-order chi connectivity index (χ0) is 60.6. The summed E-state index contributed by atoms with van der Waals surface area (Å²) in [5.41, 5.74) is 4.39. The molecule has 10 bridgehead atoms. The van der Waals surface area contributed by atoms with Crippen LogP contribution in [0.15, 0.2) is 136 Å². The van der Waals surface area contributed by atoms with Crippen molar-refractivity contribution in [3.05, 3.63) is 142 Å². The normalized spacial score (nSPS) is 16.4. The number of hydrogen-bond donors (Lipinski definition) is 0. The molecule has 0 atom stereocenters. The Morgan fingerprint density at radius 2 is 0.600 bits per heavy atom. The number of rotatable bonds is 8. The summed E-state index contributed by atoms with van der Waals surface area (Å²) >= 11 is 6.18. The molecule has 448 valence electrons. The molecule has 0 saturated carbocycles. The lowest BCUT2D eigenvalue weighted by Gasteiger charge is -2.28. The van der Waals surface area contributed by atoms with Gasteiger partial charge in [-0.05, 0) is 117 Å². The molecule has 4 aliphatic heterocycles. The molecule has 85 heavy (non-hydrogen) atoms. The van der Waals surface area contributed by atoms with Crippen molar-refractivity contribution in [2.75, 3.05) is 79.2 Å². The summed E-state index contributed by atoms with van der Waals surface area (Å²) in [6.45, 7) is 28.9. The molecule has 0 fully saturated rings. The van der Waals surface area contributed by atoms with Crippen molar-refractivity contribution >= 4 is 70.7 Å². The van der Waals surface area contributed by atoms with E-state index in [4.69, 9.17) is 33.2 Å². The van der Waals surface area contributed by atoms with Gasteiger partial charge in [0.25, 0.3) is 23.6 Å². The van der Waals surface area contributed by atoms with E-state index in [-0.39, 0.29) is 98.0 Å². The van der Waals surface area contributed by atoms with E-state index in [2.05, 4.69) is 132 Å². The lowest BCUT2D eigenvalue weighted by molar-refractivity contribution is 0.00450. The van der Waals surface area contributed by atoms with Gasteiger partial charge in [-0.15, -0.1) is 0 Å². The van der Waals surface area contributed by atoms with Gasteiger partial charge >= 0.3 is 0 Å². The van der Waals surface area contributed by atoms with E-state index in [1.54, 1.807) is 95.6 Å². The highest BCUT2D eigenvalue weighted by molar-refractivity contribution is 8.01. The third-order valence-corrected chi connectivity index (χ3v) is 19.2. The Labute approximate surface area is 517 Å². The van der Waals surface area contributed by atoms with Gasteiger partial charge in [-0.1, -0.05) is 154 Å². The molecule has 4 aliphatic rings. The molecule has 0 saturated heterocycles. The van der Waals surface area contributed by atoms with Crippen LogP contribution in [0.5, 0.6) is 23.0 Å². The van der Waals surface area contributed by atoms with Crippen LogP contribution in [-0.4, -0.2) is 113 Å². The van der Waals surface area contributed by atoms with Gasteiger partial charge in [0.05, 0.1) is 114 Å². The average molecular weight is 1230 g/mol. The topological polar surface area (TPSA) is 139 Å². The maximum atomic E-state index is 13.8. The van der Waals surface area contributed by atoms with Gasteiger partial charge in [0.15, 0.2) is 0 Å². The molecule has 6 aromatic carbocycles. The third-order valence-electron chi connectivity index (χ3n) is 15.0. The predicted octanol–water partition coefficient (Wildman–Crippen LogP) is 15.0. The minimum Gasteiger partial charge on any atom is -0.489 e. The number of imide groups is 2. The quantitative estimate of drug-likeness (QED) is 0.133. The smallest absolute Gasteiger partial charge is 0.261 e. The van der Waals surface area contributed by atoms with Crippen LogP contribution < -0.4 is 18.9 Å². The van der Waals surface area contributed by atoms with Gasteiger partial charge in [0.1, 0.15) is 49.4 Å². The number of amides is 4. The average Bonchev–Trinajstić information content (AvgIpc) is 3.76. The highest BCUT2D eigenvalue weighted by atomic mass is 32.2. The summed E-state index contributed by atoms with van der Waals surface area (Å²) in [6, 6.07) is 31.4. The molecule has 0 N–H and O–H groups in total. The highest BCUT2D eigenvalue weighted by Crippen LogP contribution is 2.56. The van der Waals surface area contributed by atoms with E-state index in [0.717, 1.165) is 61.4 Å². The fourth-order valence-electron chi connectivity index (χ4n) is 10.00. The number of ether oxygens (including phenoxy) is 7. The first-order valence-electron chi connectivity index (χ1n) is 29.0. The summed E-state index contributed by atoms with van der Waals surface area (Å²) in [6.07, 6.45) is 0. The number of carbonyl (C=O) groups is 4. The maximum absolute atomic E-state index is 13.8. The second-order valence-electron chi connectivity index (χ2n) is 25.5. The molecular weight excluding hydrogens is 1150 g/mol. The molecule has 0 aromatic heterocycles. The highest BCUT2D eigenvalue weighted by Gasteiger charge is 2.38. The van der Waals surface area contributed by atoms with Crippen LogP contribution in [0, 0.1) is 0 Å². The molecule has 4 amide bonds. The van der Waals surface area contributed by atoms with E-state index in [1.807, 2.05) is 0 Å². The summed E-state index contributed by atoms with van der Waals surface area (Å²) in [5.74, 6) is 1.02. The van der Waals surface area contributed by atoms with Crippen LogP contribution in [-0.2, 0) is 35.9 Å². The van der Waals surface area contributed by atoms with Crippen LogP contribution in [0.25, 0.3) is 0 Å². The van der Waals surface area contributed by atoms with Crippen LogP contribution in [0.3, 0.4) is 0 Å². The van der Waals surface area contributed by atoms with Crippen LogP contribution in [0.2, 0.25) is 0 Å². The van der Waals surface area contributed by atoms with Gasteiger partial charge in [-0.25, -0.2) is 0 Å². The number of fused-ring (bicyclic) bond motifs is 4. The van der Waals surface area contributed by atoms with Gasteiger partial charge in [0, 0.05) is 0 Å². The van der Waals surface area contributed by atoms with Crippen molar-refractivity contribution in [1.82, 2.24) is 9.80 Å². The molecular formula is C68H76N2O11S4. The van der Waals surface area contributed by atoms with Crippen molar-refractivity contribution in [3.63, 3.8) is 0 Å². The SMILES string of the molecule is CC(C)(C)c1cc2c3c(c1)Sc1cc(C(C)(C)C)cc(c1OCCN1C(=O)c4ccccc4C1=O)Sc1cc(C(C)(C)C)cc(c1OCCOCCOCCOCCO3)Sc1cc(C(C)(C)C)cc(c1OCCN1C(=O)c3ccccc3C1=O)S2. The van der Waals surface area contributed by atoms with Crippen molar-refractivity contribution in [2.45, 2.75) is 144 Å². The van der Waals surface area contributed by atoms with E-state index >= 15 is 0 Å². The van der Waals surface area contributed by atoms with Gasteiger partial charge in [-0.3, -0.25) is 29.0 Å². The Morgan fingerprint density at radius 3 is 0.847 bits per heavy atom. The lowest BCUT2D eigenvalue weighted by Crippen LogP contribution is -2.33. The number of benzene rings is 6. The minimum absolute atomic E-state index is 0.0133. The van der Waals surface area contributed by atoms with Crippen LogP contribution in [0.1, 0.15) is 147 Å². The molecule has 17 heteroatoms. The van der Waals surface area contributed by atoms with E-state index in [0.29, 0.717) is 71.7 Å². The molecule has 0 aliphatic carbocycles. The van der Waals surface area contributed by atoms with E-state index in [1.165, 1.54) is 9.80 Å². The van der Waals surface area contributed by atoms with Crippen molar-refractivity contribution in [3.8, 4) is 23.0 Å². The Kier molecular flexibility index (Phi) is 18.6. The van der Waals surface area contributed by atoms with Gasteiger partial charge < -0.3 is 33.2 Å². The van der Waals surface area contributed by atoms with Crippen molar-refractivity contribution in [2.24, 2.45) is 0 Å². The van der Waals surface area contributed by atoms with E-state index in [9.17, 15) is 19.2 Å². The molecule has 0 unspecified atom stereocenters. The lowest BCUT2D eigenvalue weighted by atomic mass is 9.87. The zero-order valence-corrected chi connectivity index (χ0v) is 54.0. The fraction of sp³-hybridized carbons (Fsp3) is 0.412. The van der Waals surface area contributed by atoms with Crippen LogP contribution >= 0.6 is 47.0 Å². The molecule has 0 spiro atoms. The summed E-state index contributed by atoms with van der Waals surface area (Å²) < 4.78 is 46.5. The molecule has 13 nitrogen and oxygen atoms in total. The number of hydrogen-bond acceptors (Lipinski definition) is 15. The second kappa shape index (κ2) is 25.4. The fourth-order valence-corrected chi connectivity index (χ4v) is 14.8. The summed E-state index contributed by atoms with van der Waals surface area (Å²) in [5, 5.41) is 0. The van der Waals surface area contributed by atoms with E-state index < -0.39 is 0 Å². The molecule has 0 radical (unpaired) electrons. The second-order valence-corrected chi connectivity index (χ2v) is 29.8. The molecule has 10 rings (SSSR count). The Morgan fingerprint density at radius 1 is 0.365 bits per heavy atom. The largest absolute Gasteiger partial charge is 0.489 e. The third kappa shape index (κ3) is 13.9. The first-order valence-corrected chi connectivity index (χ1v) is 32.2. The maximum Gasteiger partial charge on any atom is 0.261 e. The Balaban J connectivity index is 1.22. The summed E-state index contributed by atoms with van der Waals surface area (Å²) in [4.78, 5) is 64.3. The Hall–Kier alpha value is -5.92. The first kappa shape index (κ1) is 62.1. The standard InChI is InChI=1S/C68H76N2O11S4/c1-65(2,3)41-33-49-57(78-23-21-69-61(71)45-17-13-14-18-46(45)62(69)72)50(34-41)83-54-38-44(68(10,11)12)40-56-60(54)81-32-30-77-28-26-75-25-27-76-29-31-80-59-53(82-49)37-43(67(7,8)9)39-55(59)84-51-35-42(66(4,5)6)36-52(85-56)58(51)79-24-22-70-63(73)47-19-15-16-20-48(47)64(70)74/h13-20,33-40H,21-32H2,1-12H3. The van der Waals surface area contributed by atoms with Crippen molar-refractivity contribution < 1.29 is 52.3 Å². The number of carbonyl (C=O) groups excluding carboxylic acids is 4. The molecule has 6 aromatic rings. The zero-order valence-electron chi connectivity index (χ0n) is 50.7. The minimum atomic E-state index is -0.350. The monoisotopic (exact) mass is 1220 g/mol. The predicted molar refractivity (Wildman–Crippen MR) is 335 cm³/mol. The van der Waals surface area contributed by atoms with Gasteiger partial charge in [-0.2, -0.15) is 0 Å². The van der Waals surface area contributed by atoms with Crippen LogP contribution in [0.4, 0.5) is 0 Å². The summed E-state index contributed by atoms with van der Waals surface area (Å²) in [7, 11) is 0.